The van der Waals surface area contributed by atoms with Crippen molar-refractivity contribution in [2.45, 2.75) is 51.0 Å². The van der Waals surface area contributed by atoms with E-state index in [2.05, 4.69) is 32.1 Å². The van der Waals surface area contributed by atoms with Gasteiger partial charge in [0.15, 0.2) is 0 Å². The number of hydrogen-bond donors (Lipinski definition) is 1. The summed E-state index contributed by atoms with van der Waals surface area (Å²) in [4.78, 5) is 25.1. The van der Waals surface area contributed by atoms with Crippen LogP contribution in [0.4, 0.5) is 0 Å². The summed E-state index contributed by atoms with van der Waals surface area (Å²) in [7, 11) is 0. The topological polar surface area (TPSA) is 67.8 Å². The summed E-state index contributed by atoms with van der Waals surface area (Å²) in [6, 6.07) is 0. The Labute approximate surface area is 151 Å². The van der Waals surface area contributed by atoms with Gasteiger partial charge in [0.2, 0.25) is 0 Å². The molecule has 2 aromatic rings. The zero-order valence-electron chi connectivity index (χ0n) is 14.2. The van der Waals surface area contributed by atoms with Crippen molar-refractivity contribution in [2.24, 2.45) is 5.41 Å². The lowest BCUT2D eigenvalue weighted by molar-refractivity contribution is 0.0866. The first-order valence-electron chi connectivity index (χ1n) is 8.62. The molecule has 2 aromatic heterocycles. The van der Waals surface area contributed by atoms with E-state index in [1.165, 1.54) is 6.20 Å². The second-order valence-corrected chi connectivity index (χ2v) is 8.20. The van der Waals surface area contributed by atoms with Crippen molar-refractivity contribution in [1.82, 2.24) is 20.3 Å². The van der Waals surface area contributed by atoms with Gasteiger partial charge in [-0.15, -0.1) is 11.3 Å². The molecule has 0 aromatic carbocycles. The fourth-order valence-electron chi connectivity index (χ4n) is 4.17. The Hall–Kier alpha value is -2.26. The molecule has 2 fully saturated rings. The van der Waals surface area contributed by atoms with Crippen LogP contribution in [0.5, 0.6) is 0 Å². The Morgan fingerprint density at radius 1 is 1.28 bits per heavy atom. The number of amides is 1. The number of rotatable bonds is 2. The Morgan fingerprint density at radius 2 is 2.20 bits per heavy atom. The maximum Gasteiger partial charge on any atom is 0.271 e. The normalized spacial score (nSPS) is 27.4. The standard InChI is InChI=1S/C19H20N4OS/c1-14-22-15(12-25-14)3-6-18-4-2-5-19(13-18,8-7-18)23-17(24)16-11-20-9-10-21-16/h9-12H,2,4-5,7-8,13H2,1H3,(H,23,24)/t18-,19+/m1/s1. The highest BCUT2D eigenvalue weighted by atomic mass is 32.1. The predicted molar refractivity (Wildman–Crippen MR) is 96.1 cm³/mol. The van der Waals surface area contributed by atoms with Crippen LogP contribution in [0.1, 0.15) is 59.7 Å². The van der Waals surface area contributed by atoms with Gasteiger partial charge >= 0.3 is 0 Å². The zero-order chi connectivity index (χ0) is 17.3. The van der Waals surface area contributed by atoms with Crippen molar-refractivity contribution in [3.8, 4) is 11.8 Å². The van der Waals surface area contributed by atoms with Crippen LogP contribution in [0, 0.1) is 24.2 Å². The number of hydrogen-bond acceptors (Lipinski definition) is 5. The molecule has 2 aliphatic carbocycles. The molecule has 0 radical (unpaired) electrons. The molecule has 0 unspecified atom stereocenters. The first kappa shape index (κ1) is 16.2. The van der Waals surface area contributed by atoms with Gasteiger partial charge in [-0.25, -0.2) is 9.97 Å². The van der Waals surface area contributed by atoms with E-state index in [1.54, 1.807) is 23.7 Å². The summed E-state index contributed by atoms with van der Waals surface area (Å²) in [5.41, 5.74) is 1.10. The first-order valence-corrected chi connectivity index (χ1v) is 9.50. The molecule has 0 spiro atoms. The number of aromatic nitrogens is 3. The van der Waals surface area contributed by atoms with Gasteiger partial charge in [-0.3, -0.25) is 9.78 Å². The molecular weight excluding hydrogens is 332 g/mol. The van der Waals surface area contributed by atoms with Crippen molar-refractivity contribution in [3.63, 3.8) is 0 Å². The van der Waals surface area contributed by atoms with E-state index < -0.39 is 0 Å². The van der Waals surface area contributed by atoms with Crippen molar-refractivity contribution in [2.75, 3.05) is 0 Å². The maximum absolute atomic E-state index is 12.5. The first-order chi connectivity index (χ1) is 12.1. The lowest BCUT2D eigenvalue weighted by Crippen LogP contribution is -2.49. The van der Waals surface area contributed by atoms with Gasteiger partial charge in [0.05, 0.1) is 11.2 Å². The van der Waals surface area contributed by atoms with Crippen molar-refractivity contribution >= 4 is 17.2 Å². The summed E-state index contributed by atoms with van der Waals surface area (Å²) in [5, 5.41) is 6.30. The second-order valence-electron chi connectivity index (χ2n) is 7.14. The second kappa shape index (κ2) is 6.23. The number of aryl methyl sites for hydroxylation is 1. The van der Waals surface area contributed by atoms with Crippen molar-refractivity contribution < 1.29 is 4.79 Å². The Kier molecular flexibility index (Phi) is 4.04. The summed E-state index contributed by atoms with van der Waals surface area (Å²) in [6.07, 6.45) is 10.8. The summed E-state index contributed by atoms with van der Waals surface area (Å²) in [5.74, 6) is 6.65. The van der Waals surface area contributed by atoms with Crippen molar-refractivity contribution in [3.05, 3.63) is 40.4 Å². The highest BCUT2D eigenvalue weighted by Crippen LogP contribution is 2.53. The number of nitrogens with one attached hydrogen (secondary N) is 1. The lowest BCUT2D eigenvalue weighted by atomic mass is 9.73. The molecule has 1 amide bonds. The van der Waals surface area contributed by atoms with Gasteiger partial charge in [0.1, 0.15) is 11.4 Å². The third-order valence-corrected chi connectivity index (χ3v) is 6.09. The minimum atomic E-state index is -0.153. The highest BCUT2D eigenvalue weighted by molar-refractivity contribution is 7.09. The minimum absolute atomic E-state index is 0.00537. The summed E-state index contributed by atoms with van der Waals surface area (Å²) in [6.45, 7) is 2.00. The van der Waals surface area contributed by atoms with Crippen LogP contribution in [-0.4, -0.2) is 26.4 Å². The molecule has 5 nitrogen and oxygen atoms in total. The largest absolute Gasteiger partial charge is 0.345 e. The lowest BCUT2D eigenvalue weighted by Gasteiger charge is -2.37. The Balaban J connectivity index is 1.51. The molecule has 2 heterocycles. The molecule has 2 atom stereocenters. The van der Waals surface area contributed by atoms with Crippen LogP contribution in [0.15, 0.2) is 24.0 Å². The molecular formula is C19H20N4OS. The molecule has 2 bridgehead atoms. The van der Waals surface area contributed by atoms with E-state index in [9.17, 15) is 4.79 Å². The molecule has 0 aliphatic heterocycles. The molecule has 4 rings (SSSR count). The van der Waals surface area contributed by atoms with E-state index in [-0.39, 0.29) is 16.9 Å². The number of nitrogens with zero attached hydrogens (tertiary/aromatic N) is 3. The van der Waals surface area contributed by atoms with Gasteiger partial charge in [-0.05, 0) is 51.4 Å². The van der Waals surface area contributed by atoms with Gasteiger partial charge in [-0.1, -0.05) is 5.92 Å². The molecule has 128 valence electrons. The number of thiazole rings is 1. The minimum Gasteiger partial charge on any atom is -0.345 e. The molecule has 25 heavy (non-hydrogen) atoms. The Morgan fingerprint density at radius 3 is 2.96 bits per heavy atom. The van der Waals surface area contributed by atoms with Crippen molar-refractivity contribution in [1.29, 1.82) is 0 Å². The number of carbonyl (C=O) groups excluding carboxylic acids is 1. The van der Waals surface area contributed by atoms with Crippen LogP contribution < -0.4 is 5.32 Å². The van der Waals surface area contributed by atoms with Crippen LogP contribution in [0.25, 0.3) is 0 Å². The fourth-order valence-corrected chi connectivity index (χ4v) is 4.72. The monoisotopic (exact) mass is 352 g/mol. The molecule has 0 saturated heterocycles. The van der Waals surface area contributed by atoms with Gasteiger partial charge in [-0.2, -0.15) is 0 Å². The molecule has 2 saturated carbocycles. The van der Waals surface area contributed by atoms with Crippen LogP contribution in [0.2, 0.25) is 0 Å². The number of carbonyl (C=O) groups is 1. The van der Waals surface area contributed by atoms with Gasteiger partial charge in [0.25, 0.3) is 5.91 Å². The summed E-state index contributed by atoms with van der Waals surface area (Å²) < 4.78 is 0. The number of fused-ring (bicyclic) bond motifs is 2. The van der Waals surface area contributed by atoms with E-state index in [0.29, 0.717) is 5.69 Å². The smallest absolute Gasteiger partial charge is 0.271 e. The van der Waals surface area contributed by atoms with E-state index in [0.717, 1.165) is 49.2 Å². The SMILES string of the molecule is Cc1nc(C#C[C@]23CCC[C@](NC(=O)c4cnccn4)(CC2)C3)cs1. The third-order valence-electron chi connectivity index (χ3n) is 5.32. The van der Waals surface area contributed by atoms with E-state index >= 15 is 0 Å². The average molecular weight is 352 g/mol. The van der Waals surface area contributed by atoms with Crippen LogP contribution in [0.3, 0.4) is 0 Å². The zero-order valence-corrected chi connectivity index (χ0v) is 15.0. The fraction of sp³-hybridized carbons (Fsp3) is 0.474. The van der Waals surface area contributed by atoms with Gasteiger partial charge < -0.3 is 5.32 Å². The predicted octanol–water partition coefficient (Wildman–Crippen LogP) is 3.12. The highest BCUT2D eigenvalue weighted by Gasteiger charge is 2.51. The van der Waals surface area contributed by atoms with E-state index in [4.69, 9.17) is 0 Å². The van der Waals surface area contributed by atoms with Crippen LogP contribution >= 0.6 is 11.3 Å². The molecule has 1 N–H and O–H groups in total. The maximum atomic E-state index is 12.5. The van der Waals surface area contributed by atoms with Crippen LogP contribution in [-0.2, 0) is 0 Å². The third kappa shape index (κ3) is 3.29. The summed E-state index contributed by atoms with van der Waals surface area (Å²) >= 11 is 1.63. The molecule has 6 heteroatoms. The quantitative estimate of drug-likeness (QED) is 0.843. The molecule has 2 aliphatic rings. The van der Waals surface area contributed by atoms with Gasteiger partial charge in [0, 0.05) is 28.7 Å². The average Bonchev–Trinajstić information content (AvgIpc) is 3.15. The Bertz CT molecular complexity index is 853. The van der Waals surface area contributed by atoms with E-state index in [1.807, 2.05) is 12.3 Å².